The minimum atomic E-state index is -0.334. The number of hydrogen-bond acceptors (Lipinski definition) is 3. The second-order valence-corrected chi connectivity index (χ2v) is 3.05. The summed E-state index contributed by atoms with van der Waals surface area (Å²) < 4.78 is 18.2. The Bertz CT molecular complexity index is 487. The number of aromatic nitrogens is 2. The highest BCUT2D eigenvalue weighted by Crippen LogP contribution is 2.29. The molecule has 2 rings (SSSR count). The van der Waals surface area contributed by atoms with Crippen molar-refractivity contribution in [3.63, 3.8) is 0 Å². The number of aromatic amines is 1. The van der Waals surface area contributed by atoms with Crippen LogP contribution in [0.5, 0.6) is 5.75 Å². The number of methoxy groups -OCH3 is 1. The Morgan fingerprint density at radius 3 is 2.69 bits per heavy atom. The van der Waals surface area contributed by atoms with Crippen molar-refractivity contribution in [3.05, 3.63) is 30.1 Å². The van der Waals surface area contributed by atoms with Gasteiger partial charge in [0, 0.05) is 11.6 Å². The Labute approximate surface area is 98.0 Å². The third-order valence-corrected chi connectivity index (χ3v) is 2.05. The first-order chi connectivity index (χ1) is 7.20. The lowest BCUT2D eigenvalue weighted by atomic mass is 10.1. The zero-order chi connectivity index (χ0) is 10.8. The van der Waals surface area contributed by atoms with Crippen molar-refractivity contribution < 1.29 is 9.13 Å². The van der Waals surface area contributed by atoms with Crippen LogP contribution in [-0.2, 0) is 0 Å². The number of anilines is 1. The van der Waals surface area contributed by atoms with Crippen molar-refractivity contribution in [2.45, 2.75) is 0 Å². The molecule has 0 radical (unpaired) electrons. The summed E-state index contributed by atoms with van der Waals surface area (Å²) in [6.07, 6.45) is 0. The molecule has 0 amide bonds. The van der Waals surface area contributed by atoms with Crippen LogP contribution in [0.3, 0.4) is 0 Å². The maximum absolute atomic E-state index is 13.1. The monoisotopic (exact) mass is 243 g/mol. The fraction of sp³-hybridized carbons (Fsp3) is 0.100. The summed E-state index contributed by atoms with van der Waals surface area (Å²) in [5.74, 6) is 0.593. The minimum Gasteiger partial charge on any atom is -0.496 e. The summed E-state index contributed by atoms with van der Waals surface area (Å²) in [4.78, 5) is 0. The third-order valence-electron chi connectivity index (χ3n) is 2.05. The number of rotatable bonds is 2. The molecule has 0 saturated heterocycles. The molecule has 0 unspecified atom stereocenters. The van der Waals surface area contributed by atoms with Crippen LogP contribution in [0.1, 0.15) is 0 Å². The van der Waals surface area contributed by atoms with Gasteiger partial charge >= 0.3 is 0 Å². The van der Waals surface area contributed by atoms with Crippen LogP contribution < -0.4 is 10.5 Å². The Morgan fingerprint density at radius 2 is 2.12 bits per heavy atom. The lowest BCUT2D eigenvalue weighted by Crippen LogP contribution is -1.89. The van der Waals surface area contributed by atoms with E-state index in [0.29, 0.717) is 22.8 Å². The fourth-order valence-corrected chi connectivity index (χ4v) is 1.37. The molecule has 1 aromatic carbocycles. The van der Waals surface area contributed by atoms with Crippen molar-refractivity contribution in [1.82, 2.24) is 10.2 Å². The number of H-pyrrole nitrogens is 1. The Hall–Kier alpha value is -1.75. The molecule has 0 saturated carbocycles. The highest BCUT2D eigenvalue weighted by Gasteiger charge is 2.09. The van der Waals surface area contributed by atoms with Gasteiger partial charge in [0.2, 0.25) is 0 Å². The number of ether oxygens (including phenoxy) is 1. The summed E-state index contributed by atoms with van der Waals surface area (Å²) in [6, 6.07) is 5.88. The van der Waals surface area contributed by atoms with Crippen molar-refractivity contribution in [2.75, 3.05) is 12.8 Å². The first kappa shape index (κ1) is 12.3. The number of halogens is 2. The predicted molar refractivity (Wildman–Crippen MR) is 62.2 cm³/mol. The third kappa shape index (κ3) is 2.25. The highest BCUT2D eigenvalue weighted by atomic mass is 35.5. The van der Waals surface area contributed by atoms with Crippen LogP contribution in [0.25, 0.3) is 11.3 Å². The molecule has 3 N–H and O–H groups in total. The summed E-state index contributed by atoms with van der Waals surface area (Å²) in [5.41, 5.74) is 6.70. The quantitative estimate of drug-likeness (QED) is 0.850. The standard InChI is InChI=1S/C10H10FN3O.ClH/c1-15-9-3-2-6(11)4-7(9)8-5-10(12)14-13-8;/h2-5H,1H3,(H3,12,13,14);1H. The van der Waals surface area contributed by atoms with Crippen LogP contribution >= 0.6 is 12.4 Å². The molecule has 6 heteroatoms. The van der Waals surface area contributed by atoms with E-state index < -0.39 is 0 Å². The molecule has 86 valence electrons. The molecule has 4 nitrogen and oxygen atoms in total. The molecule has 2 aromatic rings. The Balaban J connectivity index is 0.00000128. The zero-order valence-corrected chi connectivity index (χ0v) is 9.34. The first-order valence-electron chi connectivity index (χ1n) is 4.35. The molecule has 16 heavy (non-hydrogen) atoms. The zero-order valence-electron chi connectivity index (χ0n) is 8.53. The summed E-state index contributed by atoms with van der Waals surface area (Å²) in [6.45, 7) is 0. The summed E-state index contributed by atoms with van der Waals surface area (Å²) in [7, 11) is 1.52. The van der Waals surface area contributed by atoms with Gasteiger partial charge in [-0.05, 0) is 18.2 Å². The van der Waals surface area contributed by atoms with Crippen LogP contribution in [0.2, 0.25) is 0 Å². The second-order valence-electron chi connectivity index (χ2n) is 3.05. The largest absolute Gasteiger partial charge is 0.496 e. The van der Waals surface area contributed by atoms with Gasteiger partial charge in [-0.2, -0.15) is 5.10 Å². The SMILES string of the molecule is COc1ccc(F)cc1-c1cc(N)n[nH]1.Cl. The average molecular weight is 244 g/mol. The molecule has 0 bridgehead atoms. The van der Waals surface area contributed by atoms with Gasteiger partial charge in [0.25, 0.3) is 0 Å². The van der Waals surface area contributed by atoms with E-state index >= 15 is 0 Å². The van der Waals surface area contributed by atoms with Crippen molar-refractivity contribution in [2.24, 2.45) is 0 Å². The van der Waals surface area contributed by atoms with E-state index in [2.05, 4.69) is 10.2 Å². The van der Waals surface area contributed by atoms with Gasteiger partial charge < -0.3 is 10.5 Å². The predicted octanol–water partition coefficient (Wildman–Crippen LogP) is 2.23. The van der Waals surface area contributed by atoms with Crippen LogP contribution in [0.15, 0.2) is 24.3 Å². The topological polar surface area (TPSA) is 63.9 Å². The van der Waals surface area contributed by atoms with E-state index in [1.54, 1.807) is 12.1 Å². The molecule has 0 aliphatic rings. The van der Waals surface area contributed by atoms with Gasteiger partial charge in [0.15, 0.2) is 0 Å². The van der Waals surface area contributed by atoms with Gasteiger partial charge in [-0.1, -0.05) is 0 Å². The lowest BCUT2D eigenvalue weighted by Gasteiger charge is -2.05. The second kappa shape index (κ2) is 4.85. The molecule has 0 atom stereocenters. The Morgan fingerprint density at radius 1 is 1.38 bits per heavy atom. The lowest BCUT2D eigenvalue weighted by molar-refractivity contribution is 0.415. The number of nitrogens with one attached hydrogen (secondary N) is 1. The number of nitrogens with zero attached hydrogens (tertiary/aromatic N) is 1. The number of nitrogen functional groups attached to an aromatic ring is 1. The van der Waals surface area contributed by atoms with Crippen molar-refractivity contribution >= 4 is 18.2 Å². The summed E-state index contributed by atoms with van der Waals surface area (Å²) >= 11 is 0. The fourth-order valence-electron chi connectivity index (χ4n) is 1.37. The number of hydrogen-bond donors (Lipinski definition) is 2. The minimum absolute atomic E-state index is 0. The van der Waals surface area contributed by atoms with Gasteiger partial charge in [-0.15, -0.1) is 12.4 Å². The molecular formula is C10H11ClFN3O. The van der Waals surface area contributed by atoms with E-state index in [-0.39, 0.29) is 18.2 Å². The van der Waals surface area contributed by atoms with Gasteiger partial charge in [-0.3, -0.25) is 5.10 Å². The van der Waals surface area contributed by atoms with E-state index in [4.69, 9.17) is 10.5 Å². The molecular weight excluding hydrogens is 233 g/mol. The van der Waals surface area contributed by atoms with Crippen LogP contribution in [0.4, 0.5) is 10.2 Å². The molecule has 1 aromatic heterocycles. The van der Waals surface area contributed by atoms with E-state index in [9.17, 15) is 4.39 Å². The molecule has 0 fully saturated rings. The van der Waals surface area contributed by atoms with Crippen molar-refractivity contribution in [1.29, 1.82) is 0 Å². The Kier molecular flexibility index (Phi) is 3.73. The summed E-state index contributed by atoms with van der Waals surface area (Å²) in [5, 5.41) is 6.47. The maximum Gasteiger partial charge on any atom is 0.145 e. The smallest absolute Gasteiger partial charge is 0.145 e. The van der Waals surface area contributed by atoms with Gasteiger partial charge in [-0.25, -0.2) is 4.39 Å². The highest BCUT2D eigenvalue weighted by molar-refractivity contribution is 5.85. The molecule has 0 aliphatic heterocycles. The first-order valence-corrected chi connectivity index (χ1v) is 4.35. The van der Waals surface area contributed by atoms with Crippen LogP contribution in [0, 0.1) is 5.82 Å². The molecule has 1 heterocycles. The van der Waals surface area contributed by atoms with Crippen molar-refractivity contribution in [3.8, 4) is 17.0 Å². The van der Waals surface area contributed by atoms with Gasteiger partial charge in [0.1, 0.15) is 17.4 Å². The number of benzene rings is 1. The van der Waals surface area contributed by atoms with E-state index in [1.165, 1.54) is 19.2 Å². The maximum atomic E-state index is 13.1. The molecule has 0 aliphatic carbocycles. The average Bonchev–Trinajstić information content (AvgIpc) is 2.65. The van der Waals surface area contributed by atoms with E-state index in [1.807, 2.05) is 0 Å². The van der Waals surface area contributed by atoms with E-state index in [0.717, 1.165) is 0 Å². The molecule has 0 spiro atoms. The van der Waals surface area contributed by atoms with Crippen LogP contribution in [-0.4, -0.2) is 17.3 Å². The normalized spacial score (nSPS) is 9.62. The number of nitrogens with two attached hydrogens (primary N) is 1. The van der Waals surface area contributed by atoms with Gasteiger partial charge in [0.05, 0.1) is 12.8 Å².